The van der Waals surface area contributed by atoms with Crippen molar-refractivity contribution in [3.05, 3.63) is 35.4 Å². The van der Waals surface area contributed by atoms with Crippen LogP contribution in [0.15, 0.2) is 24.3 Å². The topological polar surface area (TPSA) is 38.3 Å². The second kappa shape index (κ2) is 5.12. The lowest BCUT2D eigenvalue weighted by Gasteiger charge is -2.24. The van der Waals surface area contributed by atoms with Crippen LogP contribution in [0.1, 0.15) is 29.8 Å². The predicted molar refractivity (Wildman–Crippen MR) is 64.6 cm³/mol. The molecule has 0 aliphatic heterocycles. The molecule has 0 aromatic heterocycles. The van der Waals surface area contributed by atoms with Crippen LogP contribution in [-0.2, 0) is 11.2 Å². The maximum Gasteiger partial charge on any atom is 0.338 e. The van der Waals surface area contributed by atoms with Crippen molar-refractivity contribution in [2.45, 2.75) is 25.8 Å². The van der Waals surface area contributed by atoms with Gasteiger partial charge in [-0.3, -0.25) is 0 Å². The Labute approximate surface area is 96.8 Å². The molecular weight excluding hydrogens is 202 g/mol. The Bertz CT molecular complexity index is 372. The van der Waals surface area contributed by atoms with Crippen molar-refractivity contribution in [2.75, 3.05) is 14.2 Å². The highest BCUT2D eigenvalue weighted by atomic mass is 16.5. The summed E-state index contributed by atoms with van der Waals surface area (Å²) in [6, 6.07) is 7.55. The molecule has 1 N–H and O–H groups in total. The molecule has 3 nitrogen and oxygen atoms in total. The Hall–Kier alpha value is -1.35. The molecule has 0 unspecified atom stereocenters. The summed E-state index contributed by atoms with van der Waals surface area (Å²) >= 11 is 0. The summed E-state index contributed by atoms with van der Waals surface area (Å²) < 4.78 is 4.77. The molecule has 0 saturated heterocycles. The minimum Gasteiger partial charge on any atom is -0.465 e. The second-order valence-corrected chi connectivity index (χ2v) is 4.46. The van der Waals surface area contributed by atoms with Crippen molar-refractivity contribution in [1.82, 2.24) is 5.32 Å². The number of hydrogen-bond acceptors (Lipinski definition) is 3. The van der Waals surface area contributed by atoms with Gasteiger partial charge in [0.2, 0.25) is 0 Å². The van der Waals surface area contributed by atoms with Crippen molar-refractivity contribution in [1.29, 1.82) is 0 Å². The molecule has 88 valence electrons. The molecule has 0 bridgehead atoms. The lowest BCUT2D eigenvalue weighted by Crippen LogP contribution is -2.38. The third-order valence-corrected chi connectivity index (χ3v) is 2.73. The number of likely N-dealkylation sites (N-methyl/N-ethyl adjacent to an activating group) is 1. The van der Waals surface area contributed by atoms with E-state index in [9.17, 15) is 4.79 Å². The first-order valence-electron chi connectivity index (χ1n) is 5.35. The summed E-state index contributed by atoms with van der Waals surface area (Å²) in [6.45, 7) is 4.20. The highest BCUT2D eigenvalue weighted by molar-refractivity contribution is 5.91. The van der Waals surface area contributed by atoms with Gasteiger partial charge in [0.15, 0.2) is 0 Å². The molecule has 1 rings (SSSR count). The first-order chi connectivity index (χ1) is 7.50. The van der Waals surface area contributed by atoms with Crippen LogP contribution in [0.4, 0.5) is 0 Å². The molecule has 0 spiro atoms. The highest BCUT2D eigenvalue weighted by Gasteiger charge is 2.19. The maximum atomic E-state index is 11.6. The molecular formula is C13H19NO2. The van der Waals surface area contributed by atoms with Gasteiger partial charge in [0.1, 0.15) is 0 Å². The monoisotopic (exact) mass is 221 g/mol. The van der Waals surface area contributed by atoms with Gasteiger partial charge in [0.05, 0.1) is 12.7 Å². The van der Waals surface area contributed by atoms with E-state index in [1.807, 2.05) is 25.2 Å². The van der Waals surface area contributed by atoms with Crippen LogP contribution in [0.2, 0.25) is 0 Å². The van der Waals surface area contributed by atoms with Crippen molar-refractivity contribution in [3.63, 3.8) is 0 Å². The van der Waals surface area contributed by atoms with E-state index in [1.54, 1.807) is 6.07 Å². The van der Waals surface area contributed by atoms with E-state index in [1.165, 1.54) is 7.11 Å². The molecule has 16 heavy (non-hydrogen) atoms. The van der Waals surface area contributed by atoms with E-state index < -0.39 is 0 Å². The van der Waals surface area contributed by atoms with Gasteiger partial charge in [-0.2, -0.15) is 0 Å². The van der Waals surface area contributed by atoms with Gasteiger partial charge in [-0.25, -0.2) is 4.79 Å². The number of methoxy groups -OCH3 is 1. The first kappa shape index (κ1) is 12.7. The van der Waals surface area contributed by atoms with E-state index in [2.05, 4.69) is 19.2 Å². The molecule has 0 aliphatic rings. The van der Waals surface area contributed by atoms with Crippen LogP contribution in [0.25, 0.3) is 0 Å². The summed E-state index contributed by atoms with van der Waals surface area (Å²) in [5.41, 5.74) is 1.62. The lowest BCUT2D eigenvalue weighted by molar-refractivity contribution is 0.0599. The van der Waals surface area contributed by atoms with Crippen LogP contribution in [0, 0.1) is 0 Å². The molecule has 0 heterocycles. The van der Waals surface area contributed by atoms with E-state index in [0.717, 1.165) is 12.0 Å². The average molecular weight is 221 g/mol. The quantitative estimate of drug-likeness (QED) is 0.790. The fourth-order valence-electron chi connectivity index (χ4n) is 1.55. The normalized spacial score (nSPS) is 11.2. The zero-order valence-corrected chi connectivity index (χ0v) is 10.3. The Morgan fingerprint density at radius 2 is 2.00 bits per heavy atom. The summed E-state index contributed by atoms with van der Waals surface area (Å²) in [4.78, 5) is 11.6. The molecule has 0 aliphatic carbocycles. The lowest BCUT2D eigenvalue weighted by atomic mass is 9.92. The van der Waals surface area contributed by atoms with Crippen LogP contribution in [0.3, 0.4) is 0 Å². The van der Waals surface area contributed by atoms with E-state index in [0.29, 0.717) is 5.56 Å². The van der Waals surface area contributed by atoms with Crippen molar-refractivity contribution in [2.24, 2.45) is 0 Å². The summed E-state index contributed by atoms with van der Waals surface area (Å²) in [6.07, 6.45) is 0.786. The van der Waals surface area contributed by atoms with E-state index >= 15 is 0 Å². The fraction of sp³-hybridized carbons (Fsp3) is 0.462. The second-order valence-electron chi connectivity index (χ2n) is 4.46. The third-order valence-electron chi connectivity index (χ3n) is 2.73. The largest absolute Gasteiger partial charge is 0.465 e. The average Bonchev–Trinajstić information content (AvgIpc) is 2.28. The zero-order valence-electron chi connectivity index (χ0n) is 10.3. The Balaban J connectivity index is 3.00. The Morgan fingerprint density at radius 3 is 2.56 bits per heavy atom. The zero-order chi connectivity index (χ0) is 12.2. The maximum absolute atomic E-state index is 11.6. The standard InChI is InChI=1S/C13H19NO2/c1-13(2,14-3)9-10-7-5-6-8-11(10)12(15)16-4/h5-8,14H,9H2,1-4H3. The molecule has 0 amide bonds. The summed E-state index contributed by atoms with van der Waals surface area (Å²) in [5, 5.41) is 3.22. The van der Waals surface area contributed by atoms with Crippen LogP contribution < -0.4 is 5.32 Å². The Kier molecular flexibility index (Phi) is 4.07. The van der Waals surface area contributed by atoms with Gasteiger partial charge in [-0.15, -0.1) is 0 Å². The van der Waals surface area contributed by atoms with Gasteiger partial charge in [-0.05, 0) is 38.9 Å². The molecule has 0 radical (unpaired) electrons. The fourth-order valence-corrected chi connectivity index (χ4v) is 1.55. The van der Waals surface area contributed by atoms with Gasteiger partial charge in [-0.1, -0.05) is 18.2 Å². The number of benzene rings is 1. The van der Waals surface area contributed by atoms with E-state index in [-0.39, 0.29) is 11.5 Å². The number of rotatable bonds is 4. The van der Waals surface area contributed by atoms with Crippen molar-refractivity contribution in [3.8, 4) is 0 Å². The number of nitrogens with one attached hydrogen (secondary N) is 1. The number of carbonyl (C=O) groups excluding carboxylic acids is 1. The SMILES string of the molecule is CNC(C)(C)Cc1ccccc1C(=O)OC. The number of hydrogen-bond donors (Lipinski definition) is 1. The number of carbonyl (C=O) groups is 1. The van der Waals surface area contributed by atoms with Gasteiger partial charge in [0, 0.05) is 5.54 Å². The van der Waals surface area contributed by atoms with Crippen LogP contribution in [0.5, 0.6) is 0 Å². The molecule has 3 heteroatoms. The van der Waals surface area contributed by atoms with Gasteiger partial charge < -0.3 is 10.1 Å². The third kappa shape index (κ3) is 3.07. The molecule has 1 aromatic rings. The molecule has 0 fully saturated rings. The summed E-state index contributed by atoms with van der Waals surface area (Å²) in [5.74, 6) is -0.275. The molecule has 0 saturated carbocycles. The first-order valence-corrected chi connectivity index (χ1v) is 5.35. The van der Waals surface area contributed by atoms with Crippen molar-refractivity contribution >= 4 is 5.97 Å². The molecule has 0 atom stereocenters. The number of ether oxygens (including phenoxy) is 1. The smallest absolute Gasteiger partial charge is 0.338 e. The minimum absolute atomic E-state index is 0.0376. The number of esters is 1. The van der Waals surface area contributed by atoms with Gasteiger partial charge >= 0.3 is 5.97 Å². The van der Waals surface area contributed by atoms with Crippen LogP contribution in [-0.4, -0.2) is 25.7 Å². The van der Waals surface area contributed by atoms with E-state index in [4.69, 9.17) is 4.74 Å². The van der Waals surface area contributed by atoms with Gasteiger partial charge in [0.25, 0.3) is 0 Å². The molecule has 1 aromatic carbocycles. The highest BCUT2D eigenvalue weighted by Crippen LogP contribution is 2.17. The van der Waals surface area contributed by atoms with Crippen LogP contribution >= 0.6 is 0 Å². The predicted octanol–water partition coefficient (Wildman–Crippen LogP) is 2.01. The Morgan fingerprint density at radius 1 is 1.38 bits per heavy atom. The summed E-state index contributed by atoms with van der Waals surface area (Å²) in [7, 11) is 3.32. The minimum atomic E-state index is -0.275. The van der Waals surface area contributed by atoms with Crippen molar-refractivity contribution < 1.29 is 9.53 Å².